The number of nitrogens with zero attached hydrogens (tertiary/aromatic N) is 2. The number of pyridine rings is 1. The molecule has 0 bridgehead atoms. The zero-order valence-electron chi connectivity index (χ0n) is 7.10. The maximum Gasteiger partial charge on any atom is 0.0920 e. The topological polar surface area (TPSA) is 25.4 Å². The second-order valence-electron chi connectivity index (χ2n) is 2.97. The van der Waals surface area contributed by atoms with Crippen LogP contribution in [-0.2, 0) is 4.74 Å². The highest BCUT2D eigenvalue weighted by atomic mass is 16.5. The molecular weight excluding hydrogens is 152 g/mol. The second-order valence-corrected chi connectivity index (χ2v) is 2.97. The minimum Gasteiger partial charge on any atom is -0.378 e. The van der Waals surface area contributed by atoms with Gasteiger partial charge in [-0.15, -0.1) is 0 Å². The van der Waals surface area contributed by atoms with Crippen LogP contribution in [0.15, 0.2) is 24.5 Å². The zero-order valence-corrected chi connectivity index (χ0v) is 7.10. The fourth-order valence-corrected chi connectivity index (χ4v) is 1.34. The number of ether oxygens (including phenoxy) is 1. The van der Waals surface area contributed by atoms with Gasteiger partial charge >= 0.3 is 0 Å². The molecule has 1 aromatic heterocycles. The number of methoxy groups -OCH3 is 1. The van der Waals surface area contributed by atoms with Gasteiger partial charge in [0.25, 0.3) is 0 Å². The van der Waals surface area contributed by atoms with Crippen LogP contribution < -0.4 is 4.90 Å². The number of hydrogen-bond donors (Lipinski definition) is 0. The van der Waals surface area contributed by atoms with E-state index in [1.165, 1.54) is 5.69 Å². The average molecular weight is 164 g/mol. The van der Waals surface area contributed by atoms with E-state index in [9.17, 15) is 0 Å². The van der Waals surface area contributed by atoms with Crippen molar-refractivity contribution < 1.29 is 4.74 Å². The molecule has 2 rings (SSSR count). The highest BCUT2D eigenvalue weighted by Crippen LogP contribution is 2.20. The summed E-state index contributed by atoms with van der Waals surface area (Å²) < 4.78 is 5.18. The summed E-state index contributed by atoms with van der Waals surface area (Å²) in [6.45, 7) is 1.98. The number of aromatic nitrogens is 1. The Morgan fingerprint density at radius 1 is 1.58 bits per heavy atom. The van der Waals surface area contributed by atoms with E-state index in [-0.39, 0.29) is 0 Å². The van der Waals surface area contributed by atoms with Crippen molar-refractivity contribution in [3.8, 4) is 0 Å². The van der Waals surface area contributed by atoms with Gasteiger partial charge in [-0.2, -0.15) is 0 Å². The lowest BCUT2D eigenvalue weighted by atomic mass is 10.1. The van der Waals surface area contributed by atoms with E-state index < -0.39 is 0 Å². The van der Waals surface area contributed by atoms with Crippen LogP contribution >= 0.6 is 0 Å². The molecule has 0 radical (unpaired) electrons. The van der Waals surface area contributed by atoms with Gasteiger partial charge in [0.2, 0.25) is 0 Å². The molecule has 0 saturated carbocycles. The third-order valence-electron chi connectivity index (χ3n) is 2.19. The Balaban J connectivity index is 1.97. The molecule has 0 amide bonds. The lowest BCUT2D eigenvalue weighted by Crippen LogP contribution is -2.51. The first-order valence-corrected chi connectivity index (χ1v) is 4.08. The highest BCUT2D eigenvalue weighted by Gasteiger charge is 2.26. The summed E-state index contributed by atoms with van der Waals surface area (Å²) in [6, 6.07) is 4.02. The molecule has 2 heterocycles. The SMILES string of the molecule is COC1CN(c2cccnc2)C1. The largest absolute Gasteiger partial charge is 0.378 e. The molecule has 3 heteroatoms. The van der Waals surface area contributed by atoms with Gasteiger partial charge in [0.15, 0.2) is 0 Å². The minimum absolute atomic E-state index is 0.408. The lowest BCUT2D eigenvalue weighted by Gasteiger charge is -2.39. The van der Waals surface area contributed by atoms with E-state index in [0.717, 1.165) is 13.1 Å². The first-order valence-electron chi connectivity index (χ1n) is 4.08. The van der Waals surface area contributed by atoms with Crippen molar-refractivity contribution in [3.05, 3.63) is 24.5 Å². The molecule has 3 nitrogen and oxygen atoms in total. The summed E-state index contributed by atoms with van der Waals surface area (Å²) in [4.78, 5) is 6.31. The summed E-state index contributed by atoms with van der Waals surface area (Å²) >= 11 is 0. The molecule has 12 heavy (non-hydrogen) atoms. The maximum absolute atomic E-state index is 5.18. The summed E-state index contributed by atoms with van der Waals surface area (Å²) in [6.07, 6.45) is 4.08. The molecule has 0 N–H and O–H groups in total. The quantitative estimate of drug-likeness (QED) is 0.649. The molecule has 0 unspecified atom stereocenters. The fourth-order valence-electron chi connectivity index (χ4n) is 1.34. The van der Waals surface area contributed by atoms with Crippen molar-refractivity contribution in [2.24, 2.45) is 0 Å². The van der Waals surface area contributed by atoms with Gasteiger partial charge in [-0.25, -0.2) is 0 Å². The average Bonchev–Trinajstić information content (AvgIpc) is 2.04. The highest BCUT2D eigenvalue weighted by molar-refractivity contribution is 5.46. The Labute approximate surface area is 72.0 Å². The van der Waals surface area contributed by atoms with Gasteiger partial charge in [0, 0.05) is 26.4 Å². The predicted molar refractivity (Wildman–Crippen MR) is 47.2 cm³/mol. The Morgan fingerprint density at radius 3 is 3.00 bits per heavy atom. The van der Waals surface area contributed by atoms with Gasteiger partial charge in [0.05, 0.1) is 18.0 Å². The summed E-state index contributed by atoms with van der Waals surface area (Å²) in [7, 11) is 1.76. The molecule has 0 aliphatic carbocycles. The number of rotatable bonds is 2. The maximum atomic E-state index is 5.18. The van der Waals surface area contributed by atoms with Gasteiger partial charge in [-0.05, 0) is 12.1 Å². The summed E-state index contributed by atoms with van der Waals surface area (Å²) in [5.74, 6) is 0. The monoisotopic (exact) mass is 164 g/mol. The van der Waals surface area contributed by atoms with E-state index in [2.05, 4.69) is 16.0 Å². The molecule has 1 aliphatic rings. The van der Waals surface area contributed by atoms with Crippen molar-refractivity contribution in [3.63, 3.8) is 0 Å². The van der Waals surface area contributed by atoms with E-state index in [4.69, 9.17) is 4.74 Å². The normalized spacial score (nSPS) is 17.6. The molecule has 1 fully saturated rings. The molecule has 1 aliphatic heterocycles. The van der Waals surface area contributed by atoms with Crippen molar-refractivity contribution in [1.82, 2.24) is 4.98 Å². The van der Waals surface area contributed by atoms with Crippen molar-refractivity contribution >= 4 is 5.69 Å². The van der Waals surface area contributed by atoms with E-state index in [0.29, 0.717) is 6.10 Å². The molecule has 1 aromatic rings. The van der Waals surface area contributed by atoms with E-state index >= 15 is 0 Å². The lowest BCUT2D eigenvalue weighted by molar-refractivity contribution is 0.0787. The standard InChI is InChI=1S/C9H12N2O/c1-12-9-6-11(7-9)8-3-2-4-10-5-8/h2-5,9H,6-7H2,1H3. The van der Waals surface area contributed by atoms with Crippen LogP contribution in [-0.4, -0.2) is 31.3 Å². The summed E-state index contributed by atoms with van der Waals surface area (Å²) in [5.41, 5.74) is 1.19. The Bertz CT molecular complexity index is 244. The van der Waals surface area contributed by atoms with Gasteiger partial charge in [-0.3, -0.25) is 4.98 Å². The predicted octanol–water partition coefficient (Wildman–Crippen LogP) is 0.917. The van der Waals surface area contributed by atoms with Crippen LogP contribution in [0.1, 0.15) is 0 Å². The van der Waals surface area contributed by atoms with Crippen LogP contribution in [0.25, 0.3) is 0 Å². The molecule has 64 valence electrons. The van der Waals surface area contributed by atoms with Gasteiger partial charge in [0.1, 0.15) is 0 Å². The summed E-state index contributed by atoms with van der Waals surface area (Å²) in [5, 5.41) is 0. The molecular formula is C9H12N2O. The number of hydrogen-bond acceptors (Lipinski definition) is 3. The van der Waals surface area contributed by atoms with Crippen LogP contribution in [0, 0.1) is 0 Å². The van der Waals surface area contributed by atoms with Crippen molar-refractivity contribution in [2.75, 3.05) is 25.1 Å². The zero-order chi connectivity index (χ0) is 8.39. The van der Waals surface area contributed by atoms with Gasteiger partial charge < -0.3 is 9.64 Å². The molecule has 0 atom stereocenters. The first-order chi connectivity index (χ1) is 5.90. The minimum atomic E-state index is 0.408. The molecule has 1 saturated heterocycles. The Kier molecular flexibility index (Phi) is 1.96. The van der Waals surface area contributed by atoms with Crippen LogP contribution in [0.4, 0.5) is 5.69 Å². The van der Waals surface area contributed by atoms with E-state index in [1.807, 2.05) is 12.3 Å². The van der Waals surface area contributed by atoms with Gasteiger partial charge in [-0.1, -0.05) is 0 Å². The fraction of sp³-hybridized carbons (Fsp3) is 0.444. The third-order valence-corrected chi connectivity index (χ3v) is 2.19. The number of anilines is 1. The first kappa shape index (κ1) is 7.55. The third kappa shape index (κ3) is 1.28. The van der Waals surface area contributed by atoms with E-state index in [1.54, 1.807) is 13.3 Å². The smallest absolute Gasteiger partial charge is 0.0920 e. The molecule has 0 aromatic carbocycles. The van der Waals surface area contributed by atoms with Crippen LogP contribution in [0.2, 0.25) is 0 Å². The van der Waals surface area contributed by atoms with Crippen LogP contribution in [0.3, 0.4) is 0 Å². The molecule has 0 spiro atoms. The Morgan fingerprint density at radius 2 is 2.42 bits per heavy atom. The van der Waals surface area contributed by atoms with Crippen LogP contribution in [0.5, 0.6) is 0 Å². The van der Waals surface area contributed by atoms with Crippen molar-refractivity contribution in [2.45, 2.75) is 6.10 Å². The van der Waals surface area contributed by atoms with Crippen molar-refractivity contribution in [1.29, 1.82) is 0 Å². The Hall–Kier alpha value is -1.09. The second kappa shape index (κ2) is 3.11.